The number of aromatic carboxylic acids is 1. The third kappa shape index (κ3) is 3.10. The van der Waals surface area contributed by atoms with E-state index in [0.29, 0.717) is 5.56 Å². The maximum Gasteiger partial charge on any atom is 0.335 e. The van der Waals surface area contributed by atoms with Crippen LogP contribution in [-0.2, 0) is 6.54 Å². The van der Waals surface area contributed by atoms with Crippen LogP contribution in [0.4, 0.5) is 5.69 Å². The van der Waals surface area contributed by atoms with Gasteiger partial charge in [0, 0.05) is 12.2 Å². The molecule has 2 aromatic carbocycles. The molecule has 0 aromatic heterocycles. The van der Waals surface area contributed by atoms with Crippen molar-refractivity contribution in [2.45, 2.75) is 13.5 Å². The number of nitrogens with one attached hydrogen (secondary N) is 1. The van der Waals surface area contributed by atoms with Crippen LogP contribution in [0.15, 0.2) is 48.5 Å². The van der Waals surface area contributed by atoms with E-state index in [4.69, 9.17) is 5.11 Å². The third-order valence-electron chi connectivity index (χ3n) is 2.71. The van der Waals surface area contributed by atoms with Crippen LogP contribution in [0.25, 0.3) is 0 Å². The molecule has 0 unspecified atom stereocenters. The van der Waals surface area contributed by atoms with E-state index >= 15 is 0 Å². The van der Waals surface area contributed by atoms with Crippen molar-refractivity contribution in [1.29, 1.82) is 0 Å². The first-order valence-corrected chi connectivity index (χ1v) is 5.78. The topological polar surface area (TPSA) is 49.3 Å². The average molecular weight is 241 g/mol. The summed E-state index contributed by atoms with van der Waals surface area (Å²) in [7, 11) is 0. The highest BCUT2D eigenvalue weighted by molar-refractivity contribution is 5.87. The molecule has 0 heterocycles. The zero-order chi connectivity index (χ0) is 13.0. The van der Waals surface area contributed by atoms with Crippen molar-refractivity contribution >= 4 is 11.7 Å². The molecule has 0 saturated heterocycles. The molecule has 3 nitrogen and oxygen atoms in total. The number of anilines is 1. The van der Waals surface area contributed by atoms with Crippen molar-refractivity contribution in [1.82, 2.24) is 0 Å². The number of hydrogen-bond donors (Lipinski definition) is 2. The van der Waals surface area contributed by atoms with Gasteiger partial charge in [0.15, 0.2) is 0 Å². The molecular weight excluding hydrogens is 226 g/mol. The minimum atomic E-state index is -0.903. The fourth-order valence-corrected chi connectivity index (χ4v) is 1.76. The monoisotopic (exact) mass is 241 g/mol. The molecular formula is C15H15NO2. The highest BCUT2D eigenvalue weighted by Crippen LogP contribution is 2.12. The van der Waals surface area contributed by atoms with E-state index in [1.165, 1.54) is 11.1 Å². The summed E-state index contributed by atoms with van der Waals surface area (Å²) in [6, 6.07) is 15.0. The standard InChI is InChI=1S/C15H15NO2/c1-11-3-2-4-12(9-11)10-16-14-7-5-13(6-8-14)15(17)18/h2-9,16H,10H2,1H3,(H,17,18). The van der Waals surface area contributed by atoms with Gasteiger partial charge in [-0.1, -0.05) is 29.8 Å². The fraction of sp³-hybridized carbons (Fsp3) is 0.133. The molecule has 2 aromatic rings. The molecule has 0 spiro atoms. The van der Waals surface area contributed by atoms with Crippen molar-refractivity contribution < 1.29 is 9.90 Å². The molecule has 92 valence electrons. The van der Waals surface area contributed by atoms with Crippen molar-refractivity contribution in [3.63, 3.8) is 0 Å². The zero-order valence-corrected chi connectivity index (χ0v) is 10.2. The first kappa shape index (κ1) is 12.2. The van der Waals surface area contributed by atoms with Gasteiger partial charge in [-0.2, -0.15) is 0 Å². The number of carbonyl (C=O) groups is 1. The van der Waals surface area contributed by atoms with E-state index in [2.05, 4.69) is 30.4 Å². The van der Waals surface area contributed by atoms with Gasteiger partial charge < -0.3 is 10.4 Å². The second kappa shape index (κ2) is 5.36. The highest BCUT2D eigenvalue weighted by Gasteiger charge is 2.01. The van der Waals surface area contributed by atoms with Crippen LogP contribution in [0.3, 0.4) is 0 Å². The second-order valence-electron chi connectivity index (χ2n) is 4.23. The largest absolute Gasteiger partial charge is 0.478 e. The summed E-state index contributed by atoms with van der Waals surface area (Å²) in [5, 5.41) is 12.1. The summed E-state index contributed by atoms with van der Waals surface area (Å²) < 4.78 is 0. The maximum absolute atomic E-state index is 10.7. The van der Waals surface area contributed by atoms with E-state index < -0.39 is 5.97 Å². The Kier molecular flexibility index (Phi) is 3.63. The molecule has 2 rings (SSSR count). The Balaban J connectivity index is 2.00. The van der Waals surface area contributed by atoms with E-state index in [0.717, 1.165) is 12.2 Å². The summed E-state index contributed by atoms with van der Waals surface area (Å²) in [4.78, 5) is 10.7. The first-order chi connectivity index (χ1) is 8.65. The molecule has 0 amide bonds. The molecule has 0 aliphatic heterocycles. The maximum atomic E-state index is 10.7. The summed E-state index contributed by atoms with van der Waals surface area (Å²) in [6.07, 6.45) is 0. The number of benzene rings is 2. The van der Waals surface area contributed by atoms with Gasteiger partial charge in [0.05, 0.1) is 5.56 Å². The lowest BCUT2D eigenvalue weighted by molar-refractivity contribution is 0.0697. The smallest absolute Gasteiger partial charge is 0.335 e. The normalized spacial score (nSPS) is 10.1. The van der Waals surface area contributed by atoms with Crippen LogP contribution in [0.5, 0.6) is 0 Å². The molecule has 0 atom stereocenters. The van der Waals surface area contributed by atoms with Gasteiger partial charge in [0.2, 0.25) is 0 Å². The average Bonchev–Trinajstić information content (AvgIpc) is 2.37. The van der Waals surface area contributed by atoms with Gasteiger partial charge >= 0.3 is 5.97 Å². The van der Waals surface area contributed by atoms with E-state index in [1.54, 1.807) is 24.3 Å². The van der Waals surface area contributed by atoms with Gasteiger partial charge in [0.25, 0.3) is 0 Å². The SMILES string of the molecule is Cc1cccc(CNc2ccc(C(=O)O)cc2)c1. The van der Waals surface area contributed by atoms with Crippen LogP contribution in [-0.4, -0.2) is 11.1 Å². The van der Waals surface area contributed by atoms with Crippen LogP contribution < -0.4 is 5.32 Å². The Morgan fingerprint density at radius 2 is 1.89 bits per heavy atom. The van der Waals surface area contributed by atoms with Gasteiger partial charge in [-0.25, -0.2) is 4.79 Å². The van der Waals surface area contributed by atoms with Gasteiger partial charge in [-0.05, 0) is 36.8 Å². The van der Waals surface area contributed by atoms with Crippen LogP contribution in [0.1, 0.15) is 21.5 Å². The van der Waals surface area contributed by atoms with Gasteiger partial charge in [-0.15, -0.1) is 0 Å². The molecule has 0 radical (unpaired) electrons. The van der Waals surface area contributed by atoms with Crippen molar-refractivity contribution in [3.05, 3.63) is 65.2 Å². The summed E-state index contributed by atoms with van der Waals surface area (Å²) in [6.45, 7) is 2.79. The predicted molar refractivity (Wildman–Crippen MR) is 71.9 cm³/mol. The summed E-state index contributed by atoms with van der Waals surface area (Å²) in [5.74, 6) is -0.903. The molecule has 0 aliphatic carbocycles. The molecule has 3 heteroatoms. The van der Waals surface area contributed by atoms with Crippen molar-refractivity contribution in [3.8, 4) is 0 Å². The van der Waals surface area contributed by atoms with Crippen LogP contribution in [0, 0.1) is 6.92 Å². The quantitative estimate of drug-likeness (QED) is 0.863. The lowest BCUT2D eigenvalue weighted by Crippen LogP contribution is -2.01. The first-order valence-electron chi connectivity index (χ1n) is 5.78. The molecule has 0 aliphatic rings. The molecule has 18 heavy (non-hydrogen) atoms. The Labute approximate surface area is 106 Å². The molecule has 0 bridgehead atoms. The van der Waals surface area contributed by atoms with Gasteiger partial charge in [0.1, 0.15) is 0 Å². The molecule has 0 fully saturated rings. The van der Waals surface area contributed by atoms with Crippen LogP contribution in [0.2, 0.25) is 0 Å². The highest BCUT2D eigenvalue weighted by atomic mass is 16.4. The Morgan fingerprint density at radius 3 is 2.50 bits per heavy atom. The van der Waals surface area contributed by atoms with Crippen molar-refractivity contribution in [2.24, 2.45) is 0 Å². The van der Waals surface area contributed by atoms with E-state index in [1.807, 2.05) is 6.07 Å². The van der Waals surface area contributed by atoms with E-state index in [-0.39, 0.29) is 0 Å². The predicted octanol–water partition coefficient (Wildman–Crippen LogP) is 3.31. The Morgan fingerprint density at radius 1 is 1.17 bits per heavy atom. The minimum absolute atomic E-state index is 0.302. The second-order valence-corrected chi connectivity index (χ2v) is 4.23. The zero-order valence-electron chi connectivity index (χ0n) is 10.2. The Bertz CT molecular complexity index is 547. The fourth-order valence-electron chi connectivity index (χ4n) is 1.76. The lowest BCUT2D eigenvalue weighted by Gasteiger charge is -2.07. The number of rotatable bonds is 4. The van der Waals surface area contributed by atoms with Gasteiger partial charge in [-0.3, -0.25) is 0 Å². The van der Waals surface area contributed by atoms with E-state index in [9.17, 15) is 4.79 Å². The van der Waals surface area contributed by atoms with Crippen molar-refractivity contribution in [2.75, 3.05) is 5.32 Å². The Hall–Kier alpha value is -2.29. The number of carboxylic acids is 1. The number of aryl methyl sites for hydroxylation is 1. The molecule has 2 N–H and O–H groups in total. The minimum Gasteiger partial charge on any atom is -0.478 e. The lowest BCUT2D eigenvalue weighted by atomic mass is 10.1. The number of carboxylic acid groups (broad SMARTS) is 1. The third-order valence-corrected chi connectivity index (χ3v) is 2.71. The summed E-state index contributed by atoms with van der Waals surface area (Å²) >= 11 is 0. The number of hydrogen-bond acceptors (Lipinski definition) is 2. The molecule has 0 saturated carbocycles. The summed E-state index contributed by atoms with van der Waals surface area (Å²) in [5.41, 5.74) is 3.66. The van der Waals surface area contributed by atoms with Crippen LogP contribution >= 0.6 is 0 Å².